The maximum atomic E-state index is 12.3. The van der Waals surface area contributed by atoms with Crippen LogP contribution in [0.1, 0.15) is 23.2 Å². The Morgan fingerprint density at radius 3 is 2.33 bits per heavy atom. The zero-order valence-electron chi connectivity index (χ0n) is 15.9. The van der Waals surface area contributed by atoms with E-state index in [0.717, 1.165) is 0 Å². The molecule has 1 amide bonds. The lowest BCUT2D eigenvalue weighted by atomic mass is 10.1. The van der Waals surface area contributed by atoms with Crippen LogP contribution in [-0.4, -0.2) is 39.8 Å². The van der Waals surface area contributed by atoms with Crippen LogP contribution >= 0.6 is 15.9 Å². The molecule has 0 bridgehead atoms. The molecule has 30 heavy (non-hydrogen) atoms. The van der Waals surface area contributed by atoms with E-state index in [1.54, 1.807) is 18.2 Å². The second-order valence-corrected chi connectivity index (χ2v) is 8.52. The standard InChI is InChI=1S/C19H19BrN2O7S/c1-28-17-8-2-12(20)10-15(17)16(23)7-9-19(25)29-11-18(24)22-13-3-5-14(6-4-13)30(21,26)27/h2-6,8,10H,7,9,11H2,1H3,(H,22,24)(H2,21,26,27). The Morgan fingerprint density at radius 2 is 1.73 bits per heavy atom. The van der Waals surface area contributed by atoms with Gasteiger partial charge in [0.25, 0.3) is 5.91 Å². The number of Topliss-reactive ketones (excluding diaryl/α,β-unsaturated/α-hetero) is 1. The number of nitrogens with one attached hydrogen (secondary N) is 1. The van der Waals surface area contributed by atoms with Gasteiger partial charge in [-0.05, 0) is 42.5 Å². The van der Waals surface area contributed by atoms with Crippen LogP contribution in [0.2, 0.25) is 0 Å². The van der Waals surface area contributed by atoms with Crippen molar-refractivity contribution in [2.24, 2.45) is 5.14 Å². The zero-order valence-corrected chi connectivity index (χ0v) is 18.3. The predicted octanol–water partition coefficient (Wildman–Crippen LogP) is 2.25. The molecule has 0 aliphatic carbocycles. The minimum Gasteiger partial charge on any atom is -0.496 e. The summed E-state index contributed by atoms with van der Waals surface area (Å²) < 4.78 is 33.1. The summed E-state index contributed by atoms with van der Waals surface area (Å²) in [5.74, 6) is -1.24. The van der Waals surface area contributed by atoms with Gasteiger partial charge in [0.2, 0.25) is 10.0 Å². The molecule has 2 aromatic rings. The average molecular weight is 499 g/mol. The molecular formula is C19H19BrN2O7S. The second kappa shape index (κ2) is 10.3. The molecular weight excluding hydrogens is 480 g/mol. The lowest BCUT2D eigenvalue weighted by molar-refractivity contribution is -0.147. The SMILES string of the molecule is COc1ccc(Br)cc1C(=O)CCC(=O)OCC(=O)Nc1ccc(S(N)(=O)=O)cc1. The number of hydrogen-bond acceptors (Lipinski definition) is 7. The van der Waals surface area contributed by atoms with Gasteiger partial charge in [0, 0.05) is 16.6 Å². The van der Waals surface area contributed by atoms with E-state index in [4.69, 9.17) is 14.6 Å². The zero-order chi connectivity index (χ0) is 22.3. The van der Waals surface area contributed by atoms with Crippen molar-refractivity contribution in [3.63, 3.8) is 0 Å². The Labute approximate surface area is 181 Å². The number of ketones is 1. The van der Waals surface area contributed by atoms with E-state index >= 15 is 0 Å². The van der Waals surface area contributed by atoms with Gasteiger partial charge in [-0.1, -0.05) is 15.9 Å². The van der Waals surface area contributed by atoms with Gasteiger partial charge in [0.15, 0.2) is 12.4 Å². The van der Waals surface area contributed by atoms with Gasteiger partial charge >= 0.3 is 5.97 Å². The number of anilines is 1. The van der Waals surface area contributed by atoms with Crippen LogP contribution in [0.5, 0.6) is 5.75 Å². The average Bonchev–Trinajstić information content (AvgIpc) is 2.70. The van der Waals surface area contributed by atoms with Crippen molar-refractivity contribution in [2.45, 2.75) is 17.7 Å². The monoisotopic (exact) mass is 498 g/mol. The number of benzene rings is 2. The van der Waals surface area contributed by atoms with Crippen molar-refractivity contribution in [3.8, 4) is 5.75 Å². The first kappa shape index (κ1) is 23.5. The molecule has 0 atom stereocenters. The Bertz CT molecular complexity index is 1050. The van der Waals surface area contributed by atoms with Crippen LogP contribution in [-0.2, 0) is 24.3 Å². The molecule has 0 saturated carbocycles. The molecule has 160 valence electrons. The molecule has 0 spiro atoms. The van der Waals surface area contributed by atoms with Crippen LogP contribution in [0.3, 0.4) is 0 Å². The number of carbonyl (C=O) groups is 3. The molecule has 0 unspecified atom stereocenters. The van der Waals surface area contributed by atoms with E-state index in [0.29, 0.717) is 21.5 Å². The molecule has 0 radical (unpaired) electrons. The highest BCUT2D eigenvalue weighted by molar-refractivity contribution is 9.10. The maximum Gasteiger partial charge on any atom is 0.306 e. The largest absolute Gasteiger partial charge is 0.496 e. The summed E-state index contributed by atoms with van der Waals surface area (Å²) in [6, 6.07) is 10.1. The van der Waals surface area contributed by atoms with Gasteiger partial charge in [0.1, 0.15) is 5.75 Å². The highest BCUT2D eigenvalue weighted by Crippen LogP contribution is 2.24. The molecule has 2 rings (SSSR count). The number of rotatable bonds is 9. The highest BCUT2D eigenvalue weighted by Gasteiger charge is 2.16. The van der Waals surface area contributed by atoms with Crippen molar-refractivity contribution in [1.82, 2.24) is 0 Å². The minimum absolute atomic E-state index is 0.0985. The molecule has 0 aliphatic rings. The minimum atomic E-state index is -3.83. The molecule has 0 saturated heterocycles. The number of halogens is 1. The fraction of sp³-hybridized carbons (Fsp3) is 0.211. The summed E-state index contributed by atoms with van der Waals surface area (Å²) in [6.45, 7) is -0.551. The van der Waals surface area contributed by atoms with E-state index < -0.39 is 28.5 Å². The van der Waals surface area contributed by atoms with Crippen LogP contribution in [0.25, 0.3) is 0 Å². The van der Waals surface area contributed by atoms with Gasteiger partial charge in [-0.2, -0.15) is 0 Å². The third-order valence-corrected chi connectivity index (χ3v) is 5.27. The Hall–Kier alpha value is -2.76. The van der Waals surface area contributed by atoms with E-state index in [9.17, 15) is 22.8 Å². The third-order valence-electron chi connectivity index (χ3n) is 3.85. The topological polar surface area (TPSA) is 142 Å². The Balaban J connectivity index is 1.81. The molecule has 9 nitrogen and oxygen atoms in total. The summed E-state index contributed by atoms with van der Waals surface area (Å²) in [4.78, 5) is 35.9. The van der Waals surface area contributed by atoms with E-state index in [2.05, 4.69) is 21.2 Å². The predicted molar refractivity (Wildman–Crippen MR) is 112 cm³/mol. The van der Waals surface area contributed by atoms with Crippen LogP contribution in [0, 0.1) is 0 Å². The van der Waals surface area contributed by atoms with Crippen molar-refractivity contribution in [1.29, 1.82) is 0 Å². The third kappa shape index (κ3) is 6.94. The molecule has 11 heteroatoms. The molecule has 2 aromatic carbocycles. The summed E-state index contributed by atoms with van der Waals surface area (Å²) in [5.41, 5.74) is 0.640. The number of esters is 1. The lowest BCUT2D eigenvalue weighted by Gasteiger charge is -2.09. The first-order valence-electron chi connectivity index (χ1n) is 8.55. The van der Waals surface area contributed by atoms with E-state index in [1.807, 2.05) is 0 Å². The second-order valence-electron chi connectivity index (χ2n) is 6.05. The van der Waals surface area contributed by atoms with E-state index in [1.165, 1.54) is 31.4 Å². The number of carbonyl (C=O) groups excluding carboxylic acids is 3. The van der Waals surface area contributed by atoms with Crippen molar-refractivity contribution >= 4 is 49.3 Å². The van der Waals surface area contributed by atoms with Crippen molar-refractivity contribution in [3.05, 3.63) is 52.5 Å². The van der Waals surface area contributed by atoms with Gasteiger partial charge < -0.3 is 14.8 Å². The van der Waals surface area contributed by atoms with Gasteiger partial charge in [0.05, 0.1) is 24.0 Å². The fourth-order valence-electron chi connectivity index (χ4n) is 2.39. The summed E-state index contributed by atoms with van der Waals surface area (Å²) >= 11 is 3.28. The number of nitrogens with two attached hydrogens (primary N) is 1. The van der Waals surface area contributed by atoms with Crippen molar-refractivity contribution < 1.29 is 32.3 Å². The van der Waals surface area contributed by atoms with Crippen LogP contribution < -0.4 is 15.2 Å². The highest BCUT2D eigenvalue weighted by atomic mass is 79.9. The van der Waals surface area contributed by atoms with Crippen LogP contribution in [0.15, 0.2) is 51.8 Å². The van der Waals surface area contributed by atoms with Crippen molar-refractivity contribution in [2.75, 3.05) is 19.0 Å². The Morgan fingerprint density at radius 1 is 1.07 bits per heavy atom. The quantitative estimate of drug-likeness (QED) is 0.398. The molecule has 0 aromatic heterocycles. The van der Waals surface area contributed by atoms with E-state index in [-0.39, 0.29) is 23.5 Å². The van der Waals surface area contributed by atoms with Gasteiger partial charge in [-0.3, -0.25) is 14.4 Å². The number of methoxy groups -OCH3 is 1. The first-order valence-corrected chi connectivity index (χ1v) is 10.9. The number of sulfonamides is 1. The molecule has 3 N–H and O–H groups in total. The number of hydrogen-bond donors (Lipinski definition) is 2. The lowest BCUT2D eigenvalue weighted by Crippen LogP contribution is -2.21. The fourth-order valence-corrected chi connectivity index (χ4v) is 3.27. The molecule has 0 aliphatic heterocycles. The van der Waals surface area contributed by atoms with Crippen LogP contribution in [0.4, 0.5) is 5.69 Å². The maximum absolute atomic E-state index is 12.3. The number of primary sulfonamides is 1. The molecule has 0 fully saturated rings. The molecule has 0 heterocycles. The van der Waals surface area contributed by atoms with Gasteiger partial charge in [-0.15, -0.1) is 0 Å². The Kier molecular flexibility index (Phi) is 8.09. The summed E-state index contributed by atoms with van der Waals surface area (Å²) in [5, 5.41) is 7.44. The number of amides is 1. The normalized spacial score (nSPS) is 10.9. The van der Waals surface area contributed by atoms with Gasteiger partial charge in [-0.25, -0.2) is 13.6 Å². The number of ether oxygens (including phenoxy) is 2. The summed E-state index contributed by atoms with van der Waals surface area (Å²) in [6.07, 6.45) is -0.312. The first-order chi connectivity index (χ1) is 14.1. The smallest absolute Gasteiger partial charge is 0.306 e. The summed E-state index contributed by atoms with van der Waals surface area (Å²) in [7, 11) is -2.39.